The summed E-state index contributed by atoms with van der Waals surface area (Å²) in [5.74, 6) is 1.34. The maximum Gasteiger partial charge on any atom is 0.289 e. The Bertz CT molecular complexity index is 1240. The molecule has 1 saturated carbocycles. The van der Waals surface area contributed by atoms with Crippen molar-refractivity contribution in [2.75, 3.05) is 19.6 Å². The van der Waals surface area contributed by atoms with Crippen molar-refractivity contribution in [3.8, 4) is 5.75 Å². The largest absolute Gasteiger partial charge is 0.486 e. The Morgan fingerprint density at radius 3 is 2.50 bits per heavy atom. The number of furan rings is 1. The second-order valence-corrected chi connectivity index (χ2v) is 9.40. The Hall–Kier alpha value is -3.61. The van der Waals surface area contributed by atoms with Crippen LogP contribution in [0.5, 0.6) is 5.75 Å². The molecule has 0 saturated heterocycles. The maximum atomic E-state index is 13.7. The molecule has 2 heterocycles. The van der Waals surface area contributed by atoms with Gasteiger partial charge in [-0.2, -0.15) is 0 Å². The van der Waals surface area contributed by atoms with Gasteiger partial charge < -0.3 is 19.0 Å². The Labute approximate surface area is 210 Å². The first-order valence-corrected chi connectivity index (χ1v) is 12.7. The molecular weight excluding hydrogens is 459 g/mol. The highest BCUT2D eigenvalue weighted by molar-refractivity contribution is 5.91. The van der Waals surface area contributed by atoms with Crippen molar-refractivity contribution in [3.63, 3.8) is 0 Å². The highest BCUT2D eigenvalue weighted by atomic mass is 19.1. The summed E-state index contributed by atoms with van der Waals surface area (Å²) < 4.78 is 25.5. The molecule has 36 heavy (non-hydrogen) atoms. The van der Waals surface area contributed by atoms with Gasteiger partial charge in [-0.3, -0.25) is 9.59 Å². The molecule has 0 unspecified atom stereocenters. The fraction of sp³-hybridized carbons (Fsp3) is 0.379. The molecule has 3 aromatic rings. The number of amides is 2. The van der Waals surface area contributed by atoms with Crippen molar-refractivity contribution in [1.29, 1.82) is 0 Å². The minimum atomic E-state index is -0.302. The third kappa shape index (κ3) is 4.87. The topological polar surface area (TPSA) is 63.0 Å². The number of ether oxygens (including phenoxy) is 1. The van der Waals surface area contributed by atoms with Crippen molar-refractivity contribution >= 4 is 11.8 Å². The van der Waals surface area contributed by atoms with E-state index in [9.17, 15) is 14.0 Å². The monoisotopic (exact) mass is 490 g/mol. The number of carbonyl (C=O) groups excluding carboxylic acids is 2. The van der Waals surface area contributed by atoms with E-state index in [0.29, 0.717) is 36.9 Å². The van der Waals surface area contributed by atoms with Gasteiger partial charge in [0.1, 0.15) is 23.9 Å². The highest BCUT2D eigenvalue weighted by Crippen LogP contribution is 2.41. The summed E-state index contributed by atoms with van der Waals surface area (Å²) >= 11 is 0. The Balaban J connectivity index is 1.38. The van der Waals surface area contributed by atoms with Crippen LogP contribution in [-0.2, 0) is 17.8 Å². The van der Waals surface area contributed by atoms with Gasteiger partial charge in [0.15, 0.2) is 5.76 Å². The minimum absolute atomic E-state index is 0.0983. The number of carbonyl (C=O) groups is 2. The second-order valence-electron chi connectivity index (χ2n) is 9.40. The number of hydrogen-bond acceptors (Lipinski definition) is 4. The first-order chi connectivity index (χ1) is 17.5. The van der Waals surface area contributed by atoms with Crippen LogP contribution >= 0.6 is 0 Å². The van der Waals surface area contributed by atoms with Crippen molar-refractivity contribution in [3.05, 3.63) is 88.6 Å². The van der Waals surface area contributed by atoms with Crippen molar-refractivity contribution < 1.29 is 23.1 Å². The lowest BCUT2D eigenvalue weighted by Gasteiger charge is -2.38. The van der Waals surface area contributed by atoms with E-state index in [1.165, 1.54) is 12.1 Å². The molecule has 188 valence electrons. The zero-order chi connectivity index (χ0) is 25.2. The molecule has 1 aliphatic carbocycles. The van der Waals surface area contributed by atoms with Gasteiger partial charge in [-0.15, -0.1) is 0 Å². The molecular formula is C29H31FN2O4. The molecule has 1 aliphatic heterocycles. The van der Waals surface area contributed by atoms with Gasteiger partial charge in [0.05, 0.1) is 6.04 Å². The van der Waals surface area contributed by atoms with Gasteiger partial charge in [-0.05, 0) is 86.2 Å². The van der Waals surface area contributed by atoms with E-state index < -0.39 is 0 Å². The molecule has 2 aromatic carbocycles. The van der Waals surface area contributed by atoms with Gasteiger partial charge in [0, 0.05) is 25.6 Å². The Morgan fingerprint density at radius 1 is 1.06 bits per heavy atom. The Morgan fingerprint density at radius 2 is 1.81 bits per heavy atom. The van der Waals surface area contributed by atoms with E-state index in [1.807, 2.05) is 36.9 Å². The zero-order valence-corrected chi connectivity index (χ0v) is 20.7. The lowest BCUT2D eigenvalue weighted by Crippen LogP contribution is -2.41. The summed E-state index contributed by atoms with van der Waals surface area (Å²) in [5.41, 5.74) is 3.03. The molecule has 1 fully saturated rings. The van der Waals surface area contributed by atoms with E-state index in [2.05, 4.69) is 0 Å². The first-order valence-electron chi connectivity index (χ1n) is 12.7. The summed E-state index contributed by atoms with van der Waals surface area (Å²) in [5, 5.41) is 0. The van der Waals surface area contributed by atoms with Crippen molar-refractivity contribution in [1.82, 2.24) is 9.80 Å². The molecule has 2 amide bonds. The highest BCUT2D eigenvalue weighted by Gasteiger charge is 2.39. The normalized spacial score (nSPS) is 17.0. The van der Waals surface area contributed by atoms with Crippen LogP contribution in [0, 0.1) is 11.7 Å². The summed E-state index contributed by atoms with van der Waals surface area (Å²) in [4.78, 5) is 29.3. The zero-order valence-electron chi connectivity index (χ0n) is 20.7. The summed E-state index contributed by atoms with van der Waals surface area (Å²) in [6.07, 6.45) is 2.63. The number of halogens is 1. The van der Waals surface area contributed by atoms with Gasteiger partial charge >= 0.3 is 0 Å². The first kappa shape index (κ1) is 24.1. The Kier molecular flexibility index (Phi) is 6.81. The number of hydrogen-bond donors (Lipinski definition) is 0. The molecule has 0 bridgehead atoms. The molecule has 7 heteroatoms. The maximum absolute atomic E-state index is 13.7. The lowest BCUT2D eigenvalue weighted by atomic mass is 9.87. The van der Waals surface area contributed by atoms with Crippen LogP contribution in [0.3, 0.4) is 0 Å². The quantitative estimate of drug-likeness (QED) is 0.426. The summed E-state index contributed by atoms with van der Waals surface area (Å²) in [6.45, 7) is 5.92. The summed E-state index contributed by atoms with van der Waals surface area (Å²) in [6, 6.07) is 15.5. The average Bonchev–Trinajstić information content (AvgIpc) is 3.64. The smallest absolute Gasteiger partial charge is 0.289 e. The molecule has 0 N–H and O–H groups in total. The van der Waals surface area contributed by atoms with E-state index in [1.54, 1.807) is 29.2 Å². The van der Waals surface area contributed by atoms with Crippen molar-refractivity contribution in [2.24, 2.45) is 5.92 Å². The van der Waals surface area contributed by atoms with Gasteiger partial charge in [0.25, 0.3) is 5.91 Å². The predicted molar refractivity (Wildman–Crippen MR) is 133 cm³/mol. The predicted octanol–water partition coefficient (Wildman–Crippen LogP) is 5.36. The molecule has 1 aromatic heterocycles. The van der Waals surface area contributed by atoms with Crippen LogP contribution in [0.1, 0.15) is 65.7 Å². The third-order valence-corrected chi connectivity index (χ3v) is 7.05. The standard InChI is InChI=1S/C29H31FN2O4/c1-3-31(4-2)29(34)26-14-13-24(36-26)18-35-23-12-9-19-15-16-32(28(33)21-5-6-21)27(25(19)17-23)20-7-10-22(30)11-8-20/h7-14,17,21,27H,3-6,15-16,18H2,1-2H3/t27-/m1/s1. The molecule has 2 aliphatic rings. The number of benzene rings is 2. The van der Waals surface area contributed by atoms with Crippen molar-refractivity contribution in [2.45, 2.75) is 45.8 Å². The van der Waals surface area contributed by atoms with E-state index in [-0.39, 0.29) is 36.2 Å². The van der Waals surface area contributed by atoms with Crippen LogP contribution in [0.15, 0.2) is 59.0 Å². The number of fused-ring (bicyclic) bond motifs is 1. The lowest BCUT2D eigenvalue weighted by molar-refractivity contribution is -0.134. The van der Waals surface area contributed by atoms with Gasteiger partial charge in [-0.25, -0.2) is 4.39 Å². The second kappa shape index (κ2) is 10.2. The van der Waals surface area contributed by atoms with Crippen LogP contribution in [-0.4, -0.2) is 41.2 Å². The number of rotatable bonds is 8. The fourth-order valence-corrected chi connectivity index (χ4v) is 4.88. The molecule has 0 radical (unpaired) electrons. The molecule has 1 atom stereocenters. The van der Waals surface area contributed by atoms with E-state index in [0.717, 1.165) is 36.0 Å². The van der Waals surface area contributed by atoms with Gasteiger partial charge in [0.2, 0.25) is 5.91 Å². The minimum Gasteiger partial charge on any atom is -0.486 e. The van der Waals surface area contributed by atoms with Crippen LogP contribution in [0.2, 0.25) is 0 Å². The van der Waals surface area contributed by atoms with E-state index in [4.69, 9.17) is 9.15 Å². The van der Waals surface area contributed by atoms with Crippen LogP contribution < -0.4 is 4.74 Å². The van der Waals surface area contributed by atoms with E-state index >= 15 is 0 Å². The number of nitrogens with zero attached hydrogens (tertiary/aromatic N) is 2. The molecule has 6 nitrogen and oxygen atoms in total. The third-order valence-electron chi connectivity index (χ3n) is 7.05. The fourth-order valence-electron chi connectivity index (χ4n) is 4.88. The van der Waals surface area contributed by atoms with Crippen LogP contribution in [0.25, 0.3) is 0 Å². The van der Waals surface area contributed by atoms with Crippen LogP contribution in [0.4, 0.5) is 4.39 Å². The summed E-state index contributed by atoms with van der Waals surface area (Å²) in [7, 11) is 0. The van der Waals surface area contributed by atoms with Gasteiger partial charge in [-0.1, -0.05) is 18.2 Å². The average molecular weight is 491 g/mol. The SMILES string of the molecule is CCN(CC)C(=O)c1ccc(COc2ccc3c(c2)[C@@H](c2ccc(F)cc2)N(C(=O)C2CC2)CC3)o1. The molecule has 0 spiro atoms. The molecule has 5 rings (SSSR count).